The molecule has 0 saturated heterocycles. The van der Waals surface area contributed by atoms with E-state index in [1.807, 2.05) is 84.9 Å². The highest BCUT2D eigenvalue weighted by Crippen LogP contribution is 2.19. The van der Waals surface area contributed by atoms with E-state index in [1.165, 1.54) is 31.2 Å². The van der Waals surface area contributed by atoms with Crippen LogP contribution >= 0.6 is 0 Å². The highest BCUT2D eigenvalue weighted by atomic mass is 16.5. The predicted octanol–water partition coefficient (Wildman–Crippen LogP) is 8.80. The van der Waals surface area contributed by atoms with Gasteiger partial charge in [0.1, 0.15) is 5.75 Å². The standard InChI is InChI=1S/C33H36N4O/c1(2-6-14-28-15-12-20-31(24-28)36-26-34-29-16-7-4-8-17-29)3-11-23-38-33-22-13-21-32(25-33)37-27-35-30-18-9-5-10-19-30/h4-5,7-10,12-13,15-22,24-27H,1-3,6,11,14,23H2,(H,34,36)(H,35,37). The van der Waals surface area contributed by atoms with Gasteiger partial charge in [0.05, 0.1) is 30.7 Å². The number of para-hydroxylation sites is 2. The van der Waals surface area contributed by atoms with E-state index in [2.05, 4.69) is 44.9 Å². The van der Waals surface area contributed by atoms with Crippen molar-refractivity contribution in [2.24, 2.45) is 9.98 Å². The molecular formula is C33H36N4O. The van der Waals surface area contributed by atoms with E-state index in [0.29, 0.717) is 0 Å². The summed E-state index contributed by atoms with van der Waals surface area (Å²) in [7, 11) is 0. The van der Waals surface area contributed by atoms with Crippen molar-refractivity contribution in [2.45, 2.75) is 38.5 Å². The van der Waals surface area contributed by atoms with Gasteiger partial charge >= 0.3 is 0 Å². The quantitative estimate of drug-likeness (QED) is 0.0966. The number of ether oxygens (including phenoxy) is 1. The first-order chi connectivity index (χ1) is 18.8. The summed E-state index contributed by atoms with van der Waals surface area (Å²) in [6, 6.07) is 36.4. The molecule has 0 atom stereocenters. The molecule has 0 spiro atoms. The Morgan fingerprint density at radius 2 is 1.13 bits per heavy atom. The fourth-order valence-electron chi connectivity index (χ4n) is 4.03. The first-order valence-corrected chi connectivity index (χ1v) is 13.4. The van der Waals surface area contributed by atoms with Crippen molar-refractivity contribution in [3.8, 4) is 5.75 Å². The molecule has 0 unspecified atom stereocenters. The zero-order valence-electron chi connectivity index (χ0n) is 21.8. The topological polar surface area (TPSA) is 58.0 Å². The summed E-state index contributed by atoms with van der Waals surface area (Å²) in [5.74, 6) is 0.880. The molecule has 4 aromatic rings. The van der Waals surface area contributed by atoms with Gasteiger partial charge in [-0.1, -0.05) is 73.9 Å². The zero-order valence-corrected chi connectivity index (χ0v) is 21.8. The molecule has 5 heteroatoms. The van der Waals surface area contributed by atoms with Crippen molar-refractivity contribution < 1.29 is 4.74 Å². The maximum Gasteiger partial charge on any atom is 0.121 e. The minimum absolute atomic E-state index is 0.736. The maximum atomic E-state index is 5.96. The number of aryl methyl sites for hydroxylation is 1. The smallest absolute Gasteiger partial charge is 0.121 e. The van der Waals surface area contributed by atoms with Gasteiger partial charge in [0.25, 0.3) is 0 Å². The van der Waals surface area contributed by atoms with Crippen LogP contribution in [0, 0.1) is 0 Å². The summed E-state index contributed by atoms with van der Waals surface area (Å²) >= 11 is 0. The van der Waals surface area contributed by atoms with Crippen molar-refractivity contribution in [3.05, 3.63) is 115 Å². The summed E-state index contributed by atoms with van der Waals surface area (Å²) in [6.07, 6.45) is 10.4. The first-order valence-electron chi connectivity index (χ1n) is 13.4. The van der Waals surface area contributed by atoms with E-state index in [-0.39, 0.29) is 0 Å². The van der Waals surface area contributed by atoms with Gasteiger partial charge in [-0.15, -0.1) is 0 Å². The third-order valence-corrected chi connectivity index (χ3v) is 6.04. The van der Waals surface area contributed by atoms with Crippen LogP contribution in [-0.4, -0.2) is 19.3 Å². The normalized spacial score (nSPS) is 11.2. The van der Waals surface area contributed by atoms with Crippen molar-refractivity contribution >= 4 is 35.4 Å². The highest BCUT2D eigenvalue weighted by Gasteiger charge is 1.99. The van der Waals surface area contributed by atoms with Gasteiger partial charge in [-0.3, -0.25) is 0 Å². The zero-order chi connectivity index (χ0) is 26.1. The molecule has 4 rings (SSSR count). The molecule has 194 valence electrons. The number of aliphatic imine (C=N–C) groups is 2. The van der Waals surface area contributed by atoms with E-state index in [0.717, 1.165) is 47.9 Å². The summed E-state index contributed by atoms with van der Waals surface area (Å²) in [5.41, 5.74) is 5.25. The number of unbranched alkanes of at least 4 members (excludes halogenated alkanes) is 4. The lowest BCUT2D eigenvalue weighted by molar-refractivity contribution is 0.304. The lowest BCUT2D eigenvalue weighted by Gasteiger charge is -2.08. The Bertz CT molecular complexity index is 1170. The largest absolute Gasteiger partial charge is 0.494 e. The maximum absolute atomic E-state index is 5.96. The Labute approximate surface area is 226 Å². The van der Waals surface area contributed by atoms with E-state index >= 15 is 0 Å². The number of hydrogen-bond acceptors (Lipinski definition) is 3. The van der Waals surface area contributed by atoms with Gasteiger partial charge in [-0.2, -0.15) is 0 Å². The fraction of sp³-hybridized carbons (Fsp3) is 0.212. The van der Waals surface area contributed by atoms with Crippen LogP contribution in [0.15, 0.2) is 119 Å². The van der Waals surface area contributed by atoms with Gasteiger partial charge in [0.15, 0.2) is 0 Å². The summed E-state index contributed by atoms with van der Waals surface area (Å²) in [5, 5.41) is 6.49. The predicted molar refractivity (Wildman–Crippen MR) is 162 cm³/mol. The van der Waals surface area contributed by atoms with Crippen molar-refractivity contribution in [2.75, 3.05) is 17.2 Å². The third kappa shape index (κ3) is 9.94. The summed E-state index contributed by atoms with van der Waals surface area (Å²) in [6.45, 7) is 0.736. The minimum atomic E-state index is 0.736. The van der Waals surface area contributed by atoms with Crippen LogP contribution in [0.3, 0.4) is 0 Å². The molecule has 0 heterocycles. The van der Waals surface area contributed by atoms with Crippen molar-refractivity contribution in [3.63, 3.8) is 0 Å². The van der Waals surface area contributed by atoms with E-state index < -0.39 is 0 Å². The molecule has 0 fully saturated rings. The molecule has 0 aliphatic heterocycles. The fourth-order valence-corrected chi connectivity index (χ4v) is 4.03. The lowest BCUT2D eigenvalue weighted by Crippen LogP contribution is -1.99. The van der Waals surface area contributed by atoms with Gasteiger partial charge in [-0.05, 0) is 73.4 Å². The molecule has 0 saturated carbocycles. The number of nitrogens with one attached hydrogen (secondary N) is 2. The second kappa shape index (κ2) is 15.7. The Morgan fingerprint density at radius 3 is 1.82 bits per heavy atom. The monoisotopic (exact) mass is 504 g/mol. The average molecular weight is 505 g/mol. The molecule has 0 aliphatic carbocycles. The molecule has 0 aromatic heterocycles. The molecule has 0 radical (unpaired) electrons. The highest BCUT2D eigenvalue weighted by molar-refractivity contribution is 5.78. The molecule has 0 aliphatic rings. The van der Waals surface area contributed by atoms with E-state index in [9.17, 15) is 0 Å². The molecule has 0 bridgehead atoms. The van der Waals surface area contributed by atoms with E-state index in [1.54, 1.807) is 12.7 Å². The molecule has 38 heavy (non-hydrogen) atoms. The number of rotatable bonds is 15. The van der Waals surface area contributed by atoms with Crippen LogP contribution in [-0.2, 0) is 6.42 Å². The van der Waals surface area contributed by atoms with Crippen LogP contribution in [0.1, 0.15) is 37.7 Å². The third-order valence-electron chi connectivity index (χ3n) is 6.04. The Hall–Kier alpha value is -4.38. The number of benzene rings is 4. The first kappa shape index (κ1) is 26.7. The molecular weight excluding hydrogens is 468 g/mol. The van der Waals surface area contributed by atoms with Gasteiger partial charge < -0.3 is 15.4 Å². The second-order valence-corrected chi connectivity index (χ2v) is 9.07. The van der Waals surface area contributed by atoms with Crippen LogP contribution < -0.4 is 15.4 Å². The second-order valence-electron chi connectivity index (χ2n) is 9.07. The summed E-state index contributed by atoms with van der Waals surface area (Å²) in [4.78, 5) is 8.84. The van der Waals surface area contributed by atoms with Gasteiger partial charge in [-0.25, -0.2) is 9.98 Å². The molecule has 0 amide bonds. The van der Waals surface area contributed by atoms with Gasteiger partial charge in [0, 0.05) is 17.4 Å². The Balaban J connectivity index is 1.07. The average Bonchev–Trinajstić information content (AvgIpc) is 2.96. The van der Waals surface area contributed by atoms with Crippen molar-refractivity contribution in [1.29, 1.82) is 0 Å². The van der Waals surface area contributed by atoms with Crippen LogP contribution in [0.4, 0.5) is 22.7 Å². The van der Waals surface area contributed by atoms with E-state index in [4.69, 9.17) is 4.74 Å². The number of hydrogen-bond donors (Lipinski definition) is 2. The molecule has 5 nitrogen and oxygen atoms in total. The van der Waals surface area contributed by atoms with Crippen LogP contribution in [0.2, 0.25) is 0 Å². The van der Waals surface area contributed by atoms with Crippen LogP contribution in [0.25, 0.3) is 0 Å². The van der Waals surface area contributed by atoms with Crippen LogP contribution in [0.5, 0.6) is 5.75 Å². The number of anilines is 2. The lowest BCUT2D eigenvalue weighted by atomic mass is 10.0. The number of nitrogens with zero attached hydrogens (tertiary/aromatic N) is 2. The Morgan fingerprint density at radius 1 is 0.553 bits per heavy atom. The summed E-state index contributed by atoms with van der Waals surface area (Å²) < 4.78 is 5.96. The minimum Gasteiger partial charge on any atom is -0.494 e. The SMILES string of the molecule is C(=Nc1ccccc1)Nc1cccc(CCCCCCCOc2cccc(NC=Nc3ccccc3)c2)c1. The van der Waals surface area contributed by atoms with Crippen molar-refractivity contribution in [1.82, 2.24) is 0 Å². The Kier molecular flexibility index (Phi) is 11.0. The molecule has 4 aromatic carbocycles. The van der Waals surface area contributed by atoms with Gasteiger partial charge in [0.2, 0.25) is 0 Å². The molecule has 2 N–H and O–H groups in total.